The Balaban J connectivity index is 2.86. The van der Waals surface area contributed by atoms with Gasteiger partial charge in [0.2, 0.25) is 0 Å². The molecule has 5 heteroatoms. The van der Waals surface area contributed by atoms with E-state index in [1.54, 1.807) is 6.07 Å². The van der Waals surface area contributed by atoms with Crippen LogP contribution in [0.2, 0.25) is 0 Å². The lowest BCUT2D eigenvalue weighted by Gasteiger charge is -1.91. The third-order valence-electron chi connectivity index (χ3n) is 1.65. The summed E-state index contributed by atoms with van der Waals surface area (Å²) in [5, 5.41) is 8.77. The fourth-order valence-corrected chi connectivity index (χ4v) is 1.88. The maximum absolute atomic E-state index is 13.1. The molecule has 2 aromatic rings. The van der Waals surface area contributed by atoms with Gasteiger partial charge in [0.25, 0.3) is 0 Å². The predicted octanol–water partition coefficient (Wildman–Crippen LogP) is 2.13. The molecule has 2 rings (SSSR count). The Morgan fingerprint density at radius 3 is 3.00 bits per heavy atom. The molecule has 0 bridgehead atoms. The van der Waals surface area contributed by atoms with E-state index < -0.39 is 11.8 Å². The SMILES string of the molecule is O=C(O)c1nsc2cccc(F)c12. The number of nitrogens with zero attached hydrogens (tertiary/aromatic N) is 1. The minimum atomic E-state index is -1.20. The Labute approximate surface area is 76.6 Å². The third-order valence-corrected chi connectivity index (χ3v) is 2.46. The summed E-state index contributed by atoms with van der Waals surface area (Å²) in [5.74, 6) is -1.74. The van der Waals surface area contributed by atoms with Crippen molar-refractivity contribution in [2.75, 3.05) is 0 Å². The van der Waals surface area contributed by atoms with E-state index in [0.717, 1.165) is 11.5 Å². The van der Waals surface area contributed by atoms with Crippen LogP contribution in [0.4, 0.5) is 4.39 Å². The Morgan fingerprint density at radius 2 is 2.31 bits per heavy atom. The summed E-state index contributed by atoms with van der Waals surface area (Å²) in [5.41, 5.74) is -0.210. The van der Waals surface area contributed by atoms with Gasteiger partial charge in [-0.25, -0.2) is 9.18 Å². The first kappa shape index (κ1) is 8.12. The number of aromatic carboxylic acids is 1. The number of halogens is 1. The van der Waals surface area contributed by atoms with Crippen LogP contribution in [0.3, 0.4) is 0 Å². The van der Waals surface area contributed by atoms with Crippen LogP contribution in [0.15, 0.2) is 18.2 Å². The second-order valence-corrected chi connectivity index (χ2v) is 3.25. The molecule has 0 aliphatic rings. The number of aromatic nitrogens is 1. The Hall–Kier alpha value is -1.49. The first-order chi connectivity index (χ1) is 6.20. The van der Waals surface area contributed by atoms with Crippen LogP contribution in [0.5, 0.6) is 0 Å². The van der Waals surface area contributed by atoms with Crippen molar-refractivity contribution in [1.82, 2.24) is 4.37 Å². The van der Waals surface area contributed by atoms with E-state index in [1.165, 1.54) is 12.1 Å². The minimum Gasteiger partial charge on any atom is -0.476 e. The highest BCUT2D eigenvalue weighted by molar-refractivity contribution is 7.13. The van der Waals surface area contributed by atoms with Crippen molar-refractivity contribution in [3.05, 3.63) is 29.7 Å². The maximum Gasteiger partial charge on any atom is 0.356 e. The lowest BCUT2D eigenvalue weighted by Crippen LogP contribution is -1.97. The summed E-state index contributed by atoms with van der Waals surface area (Å²) >= 11 is 0.986. The van der Waals surface area contributed by atoms with Crippen LogP contribution in [0, 0.1) is 5.82 Å². The standard InChI is InChI=1S/C8H4FNO2S/c9-4-2-1-3-5-6(4)7(8(11)12)10-13-5/h1-3H,(H,11,12). The zero-order valence-corrected chi connectivity index (χ0v) is 7.14. The van der Waals surface area contributed by atoms with Gasteiger partial charge in [-0.15, -0.1) is 0 Å². The molecule has 0 amide bonds. The second kappa shape index (κ2) is 2.77. The Bertz CT molecular complexity index is 480. The second-order valence-electron chi connectivity index (χ2n) is 2.45. The fraction of sp³-hybridized carbons (Fsp3) is 0. The van der Waals surface area contributed by atoms with Crippen molar-refractivity contribution < 1.29 is 14.3 Å². The van der Waals surface area contributed by atoms with Gasteiger partial charge in [0.15, 0.2) is 5.69 Å². The molecule has 3 nitrogen and oxygen atoms in total. The van der Waals surface area contributed by atoms with Gasteiger partial charge in [-0.1, -0.05) is 6.07 Å². The molecule has 0 aliphatic heterocycles. The molecule has 0 spiro atoms. The van der Waals surface area contributed by atoms with Crippen LogP contribution in [-0.2, 0) is 0 Å². The number of hydrogen-bond donors (Lipinski definition) is 1. The van der Waals surface area contributed by atoms with Crippen molar-refractivity contribution in [2.24, 2.45) is 0 Å². The molecule has 1 aromatic carbocycles. The highest BCUT2D eigenvalue weighted by Crippen LogP contribution is 2.24. The van der Waals surface area contributed by atoms with Crippen LogP contribution in [0.25, 0.3) is 10.1 Å². The average molecular weight is 197 g/mol. The highest BCUT2D eigenvalue weighted by Gasteiger charge is 2.15. The van der Waals surface area contributed by atoms with Gasteiger partial charge in [-0.05, 0) is 23.7 Å². The van der Waals surface area contributed by atoms with Gasteiger partial charge in [-0.3, -0.25) is 0 Å². The molecular formula is C8H4FNO2S. The van der Waals surface area contributed by atoms with Crippen LogP contribution >= 0.6 is 11.5 Å². The molecule has 0 unspecified atom stereocenters. The zero-order valence-electron chi connectivity index (χ0n) is 6.32. The number of carboxylic acids is 1. The van der Waals surface area contributed by atoms with Gasteiger partial charge in [0.05, 0.1) is 10.1 Å². The van der Waals surface area contributed by atoms with E-state index in [9.17, 15) is 9.18 Å². The topological polar surface area (TPSA) is 50.2 Å². The summed E-state index contributed by atoms with van der Waals surface area (Å²) in [6.07, 6.45) is 0. The molecule has 0 saturated heterocycles. The molecular weight excluding hydrogens is 193 g/mol. The van der Waals surface area contributed by atoms with E-state index in [0.29, 0.717) is 4.70 Å². The lowest BCUT2D eigenvalue weighted by molar-refractivity contribution is 0.0694. The monoisotopic (exact) mass is 197 g/mol. The normalized spacial score (nSPS) is 10.5. The first-order valence-electron chi connectivity index (χ1n) is 3.47. The summed E-state index contributed by atoms with van der Waals surface area (Å²) in [6.45, 7) is 0. The largest absolute Gasteiger partial charge is 0.476 e. The molecule has 13 heavy (non-hydrogen) atoms. The minimum absolute atomic E-state index is 0.0972. The fourth-order valence-electron chi connectivity index (χ4n) is 1.10. The van der Waals surface area contributed by atoms with Crippen molar-refractivity contribution in [1.29, 1.82) is 0 Å². The number of carbonyl (C=O) groups is 1. The summed E-state index contributed by atoms with van der Waals surface area (Å²) in [4.78, 5) is 10.6. The van der Waals surface area contributed by atoms with Gasteiger partial charge in [0.1, 0.15) is 5.82 Å². The third kappa shape index (κ3) is 1.17. The number of benzene rings is 1. The predicted molar refractivity (Wildman–Crippen MR) is 46.5 cm³/mol. The molecule has 1 heterocycles. The summed E-state index contributed by atoms with van der Waals surface area (Å²) in [6, 6.07) is 4.40. The number of carboxylic acid groups (broad SMARTS) is 1. The van der Waals surface area contributed by atoms with Gasteiger partial charge >= 0.3 is 5.97 Å². The van der Waals surface area contributed by atoms with Crippen molar-refractivity contribution >= 4 is 27.6 Å². The van der Waals surface area contributed by atoms with E-state index in [2.05, 4.69) is 4.37 Å². The van der Waals surface area contributed by atoms with E-state index >= 15 is 0 Å². The van der Waals surface area contributed by atoms with E-state index in [-0.39, 0.29) is 11.1 Å². The molecule has 1 aromatic heterocycles. The molecule has 0 radical (unpaired) electrons. The molecule has 0 aliphatic carbocycles. The Morgan fingerprint density at radius 1 is 1.54 bits per heavy atom. The van der Waals surface area contributed by atoms with Crippen LogP contribution < -0.4 is 0 Å². The van der Waals surface area contributed by atoms with E-state index in [4.69, 9.17) is 5.11 Å². The molecule has 0 atom stereocenters. The first-order valence-corrected chi connectivity index (χ1v) is 4.24. The van der Waals surface area contributed by atoms with Crippen molar-refractivity contribution in [2.45, 2.75) is 0 Å². The zero-order chi connectivity index (χ0) is 9.42. The van der Waals surface area contributed by atoms with Crippen molar-refractivity contribution in [3.63, 3.8) is 0 Å². The van der Waals surface area contributed by atoms with E-state index in [1.807, 2.05) is 0 Å². The number of rotatable bonds is 1. The molecule has 0 saturated carbocycles. The molecule has 0 fully saturated rings. The maximum atomic E-state index is 13.1. The summed E-state index contributed by atoms with van der Waals surface area (Å²) in [7, 11) is 0. The Kier molecular flexibility index (Phi) is 1.73. The molecule has 1 N–H and O–H groups in total. The summed E-state index contributed by atoms with van der Waals surface area (Å²) < 4.78 is 17.4. The number of hydrogen-bond acceptors (Lipinski definition) is 3. The van der Waals surface area contributed by atoms with Gasteiger partial charge < -0.3 is 5.11 Å². The van der Waals surface area contributed by atoms with Crippen LogP contribution in [0.1, 0.15) is 10.5 Å². The van der Waals surface area contributed by atoms with Crippen LogP contribution in [-0.4, -0.2) is 15.4 Å². The highest BCUT2D eigenvalue weighted by atomic mass is 32.1. The number of fused-ring (bicyclic) bond motifs is 1. The van der Waals surface area contributed by atoms with Crippen molar-refractivity contribution in [3.8, 4) is 0 Å². The quantitative estimate of drug-likeness (QED) is 0.761. The van der Waals surface area contributed by atoms with Gasteiger partial charge in [-0.2, -0.15) is 4.37 Å². The average Bonchev–Trinajstić information content (AvgIpc) is 2.49. The smallest absolute Gasteiger partial charge is 0.356 e. The van der Waals surface area contributed by atoms with Gasteiger partial charge in [0, 0.05) is 0 Å². The lowest BCUT2D eigenvalue weighted by atomic mass is 10.2. The molecule has 66 valence electrons.